The van der Waals surface area contributed by atoms with Crippen molar-refractivity contribution in [2.75, 3.05) is 13.6 Å². The summed E-state index contributed by atoms with van der Waals surface area (Å²) in [5.74, 6) is 0.423. The Kier molecular flexibility index (Phi) is 7.00. The second-order valence-electron chi connectivity index (χ2n) is 11.8. The van der Waals surface area contributed by atoms with Gasteiger partial charge in [-0.15, -0.1) is 0 Å². The molecule has 1 aliphatic carbocycles. The van der Waals surface area contributed by atoms with Gasteiger partial charge >= 0.3 is 6.03 Å². The number of nitrogens with two attached hydrogens (primary N) is 1. The van der Waals surface area contributed by atoms with Crippen molar-refractivity contribution in [1.82, 2.24) is 15.5 Å². The molecule has 0 unspecified atom stereocenters. The Morgan fingerprint density at radius 3 is 2.20 bits per heavy atom. The van der Waals surface area contributed by atoms with Crippen LogP contribution in [0.3, 0.4) is 0 Å². The van der Waals surface area contributed by atoms with Crippen LogP contribution in [0.5, 0.6) is 0 Å². The molecule has 1 heterocycles. The molecule has 5 N–H and O–H groups in total. The van der Waals surface area contributed by atoms with Crippen LogP contribution in [0.2, 0.25) is 24.7 Å². The van der Waals surface area contributed by atoms with Crippen molar-refractivity contribution < 1.29 is 14.7 Å². The van der Waals surface area contributed by atoms with Crippen molar-refractivity contribution in [3.05, 3.63) is 47.2 Å². The van der Waals surface area contributed by atoms with E-state index in [0.29, 0.717) is 17.1 Å². The standard InChI is InChI=1S/C26H41N5O3Si/c1-24(2)19(27)18(21(28-5)30-22(32)26(14-15-26)35(6,7)8)16-31(24)23(33)29-20(25(3,4)34)17-12-10-9-11-13-17/h9-13,20,34H,14-16,27H2,1-8H3,(H,29,33)(H,28,30,32)/t20-/m0/s1. The van der Waals surface area contributed by atoms with Crippen LogP contribution in [0, 0.1) is 0 Å². The van der Waals surface area contributed by atoms with Crippen LogP contribution >= 0.6 is 0 Å². The molecule has 9 heteroatoms. The molecule has 2 aliphatic rings. The fraction of sp³-hybridized carbons (Fsp3) is 0.577. The number of aliphatic hydroxyl groups is 1. The van der Waals surface area contributed by atoms with Crippen LogP contribution in [0.1, 0.15) is 52.1 Å². The summed E-state index contributed by atoms with van der Waals surface area (Å²) in [7, 11) is -0.0894. The van der Waals surface area contributed by atoms with Crippen molar-refractivity contribution in [2.24, 2.45) is 10.7 Å². The van der Waals surface area contributed by atoms with E-state index in [1.54, 1.807) is 25.8 Å². The lowest BCUT2D eigenvalue weighted by Gasteiger charge is -2.37. The van der Waals surface area contributed by atoms with Crippen LogP contribution in [-0.4, -0.2) is 60.6 Å². The topological polar surface area (TPSA) is 120 Å². The van der Waals surface area contributed by atoms with Crippen LogP contribution < -0.4 is 16.4 Å². The van der Waals surface area contributed by atoms with Gasteiger partial charge in [0.2, 0.25) is 5.91 Å². The van der Waals surface area contributed by atoms with Crippen molar-refractivity contribution >= 4 is 25.8 Å². The molecule has 35 heavy (non-hydrogen) atoms. The average molecular weight is 500 g/mol. The molecule has 1 atom stereocenters. The summed E-state index contributed by atoms with van der Waals surface area (Å²) >= 11 is 0. The second-order valence-corrected chi connectivity index (χ2v) is 17.3. The molecule has 8 nitrogen and oxygen atoms in total. The van der Waals surface area contributed by atoms with Gasteiger partial charge in [0.25, 0.3) is 0 Å². The Morgan fingerprint density at radius 2 is 1.74 bits per heavy atom. The largest absolute Gasteiger partial charge is 0.400 e. The second kappa shape index (κ2) is 9.09. The predicted molar refractivity (Wildman–Crippen MR) is 143 cm³/mol. The fourth-order valence-electron chi connectivity index (χ4n) is 4.93. The molecule has 192 valence electrons. The Bertz CT molecular complexity index is 1050. The van der Waals surface area contributed by atoms with E-state index < -0.39 is 25.3 Å². The number of amides is 3. The molecule has 0 bridgehead atoms. The Morgan fingerprint density at radius 1 is 1.17 bits per heavy atom. The van der Waals surface area contributed by atoms with Gasteiger partial charge in [-0.25, -0.2) is 4.79 Å². The molecular weight excluding hydrogens is 458 g/mol. The number of benzene rings is 1. The Labute approximate surface area is 210 Å². The molecule has 0 spiro atoms. The highest BCUT2D eigenvalue weighted by molar-refractivity contribution is 6.83. The van der Waals surface area contributed by atoms with Gasteiger partial charge in [-0.3, -0.25) is 9.79 Å². The number of hydrogen-bond donors (Lipinski definition) is 4. The molecule has 1 aromatic carbocycles. The highest BCUT2D eigenvalue weighted by Gasteiger charge is 2.59. The van der Waals surface area contributed by atoms with Gasteiger partial charge in [0.1, 0.15) is 5.84 Å². The van der Waals surface area contributed by atoms with Gasteiger partial charge in [0, 0.05) is 23.4 Å². The summed E-state index contributed by atoms with van der Waals surface area (Å²) in [4.78, 5) is 32.8. The van der Waals surface area contributed by atoms with Gasteiger partial charge in [-0.05, 0) is 46.1 Å². The molecule has 0 aromatic heterocycles. The van der Waals surface area contributed by atoms with Crippen molar-refractivity contribution in [1.29, 1.82) is 0 Å². The first-order valence-corrected chi connectivity index (χ1v) is 15.7. The van der Waals surface area contributed by atoms with Gasteiger partial charge < -0.3 is 26.4 Å². The third kappa shape index (κ3) is 5.02. The number of aliphatic imine (C=N–C) groups is 1. The Balaban J connectivity index is 1.82. The van der Waals surface area contributed by atoms with Crippen molar-refractivity contribution in [2.45, 2.75) is 82.4 Å². The van der Waals surface area contributed by atoms with E-state index in [9.17, 15) is 14.7 Å². The molecule has 3 amide bonds. The van der Waals surface area contributed by atoms with Crippen molar-refractivity contribution in [3.8, 4) is 0 Å². The minimum Gasteiger partial charge on any atom is -0.400 e. The predicted octanol–water partition coefficient (Wildman–Crippen LogP) is 3.53. The minimum absolute atomic E-state index is 0.00412. The summed E-state index contributed by atoms with van der Waals surface area (Å²) < 4.78 is 0. The normalized spacial score (nSPS) is 20.5. The number of rotatable bonds is 6. The first-order chi connectivity index (χ1) is 16.1. The molecular formula is C26H41N5O3Si. The van der Waals surface area contributed by atoms with Gasteiger partial charge in [-0.1, -0.05) is 50.0 Å². The van der Waals surface area contributed by atoms with Crippen molar-refractivity contribution in [3.63, 3.8) is 0 Å². The van der Waals surface area contributed by atoms with Gasteiger partial charge in [0.15, 0.2) is 0 Å². The van der Waals surface area contributed by atoms with Crippen LogP contribution in [-0.2, 0) is 4.79 Å². The summed E-state index contributed by atoms with van der Waals surface area (Å²) in [6, 6.07) is 8.41. The average Bonchev–Trinajstić information content (AvgIpc) is 3.54. The van der Waals surface area contributed by atoms with Gasteiger partial charge in [0.05, 0.1) is 31.8 Å². The van der Waals surface area contributed by atoms with Gasteiger partial charge in [-0.2, -0.15) is 0 Å². The quantitative estimate of drug-likeness (QED) is 0.272. The van der Waals surface area contributed by atoms with E-state index in [-0.39, 0.29) is 23.5 Å². The first kappa shape index (κ1) is 26.9. The maximum absolute atomic E-state index is 13.5. The molecule has 1 fully saturated rings. The highest BCUT2D eigenvalue weighted by Crippen LogP contribution is 2.60. The maximum atomic E-state index is 13.5. The Hall–Kier alpha value is -2.65. The monoisotopic (exact) mass is 499 g/mol. The summed E-state index contributed by atoms with van der Waals surface area (Å²) in [5, 5.41) is 16.6. The molecule has 1 aliphatic heterocycles. The molecule has 1 saturated carbocycles. The number of nitrogens with zero attached hydrogens (tertiary/aromatic N) is 2. The van der Waals surface area contributed by atoms with E-state index in [1.807, 2.05) is 44.2 Å². The number of urea groups is 1. The lowest BCUT2D eigenvalue weighted by atomic mass is 9.92. The third-order valence-electron chi connectivity index (χ3n) is 7.69. The molecule has 0 radical (unpaired) electrons. The number of amidine groups is 1. The minimum atomic E-state index is -1.71. The number of carbonyl (C=O) groups excluding carboxylic acids is 2. The van der Waals surface area contributed by atoms with Crippen LogP contribution in [0.15, 0.2) is 46.6 Å². The smallest absolute Gasteiger partial charge is 0.319 e. The third-order valence-corrected chi connectivity index (χ3v) is 11.3. The van der Waals surface area contributed by atoms with E-state index in [2.05, 4.69) is 35.3 Å². The zero-order valence-corrected chi connectivity index (χ0v) is 23.3. The fourth-order valence-corrected chi connectivity index (χ4v) is 7.30. The van der Waals surface area contributed by atoms with E-state index in [0.717, 1.165) is 18.4 Å². The zero-order chi connectivity index (χ0) is 26.4. The molecule has 3 rings (SSSR count). The van der Waals surface area contributed by atoms with Crippen LogP contribution in [0.4, 0.5) is 4.79 Å². The molecule has 1 aromatic rings. The zero-order valence-electron chi connectivity index (χ0n) is 22.3. The summed E-state index contributed by atoms with van der Waals surface area (Å²) in [5.41, 5.74) is 6.50. The highest BCUT2D eigenvalue weighted by atomic mass is 28.3. The first-order valence-electron chi connectivity index (χ1n) is 12.2. The molecule has 0 saturated heterocycles. The number of carbonyl (C=O) groups is 2. The summed E-state index contributed by atoms with van der Waals surface area (Å²) in [6.07, 6.45) is 1.80. The van der Waals surface area contributed by atoms with E-state index >= 15 is 0 Å². The van der Waals surface area contributed by atoms with Crippen LogP contribution in [0.25, 0.3) is 0 Å². The van der Waals surface area contributed by atoms with E-state index in [4.69, 9.17) is 5.73 Å². The maximum Gasteiger partial charge on any atom is 0.319 e. The SMILES string of the molecule is C/N=C(/NC(=O)C1([Si](C)(C)C)CC1)C1=C(N)C(C)(C)N(C(=O)N[C@@H](c2ccccc2)C(C)(C)O)C1. The lowest BCUT2D eigenvalue weighted by Crippen LogP contribution is -2.54. The number of hydrogen-bond acceptors (Lipinski definition) is 5. The number of nitrogens with one attached hydrogen (secondary N) is 2. The summed E-state index contributed by atoms with van der Waals surface area (Å²) in [6.45, 7) is 13.9. The van der Waals surface area contributed by atoms with E-state index in [1.165, 1.54) is 0 Å². The lowest BCUT2D eigenvalue weighted by molar-refractivity contribution is -0.120.